The first-order valence-corrected chi connectivity index (χ1v) is 11.3. The molecule has 154 valence electrons. The van der Waals surface area contributed by atoms with Gasteiger partial charge in [-0.15, -0.1) is 0 Å². The van der Waals surface area contributed by atoms with Gasteiger partial charge in [-0.1, -0.05) is 36.4 Å². The number of aromatic nitrogens is 1. The second kappa shape index (κ2) is 8.30. The van der Waals surface area contributed by atoms with Crippen LogP contribution in [0.25, 0.3) is 0 Å². The Morgan fingerprint density at radius 3 is 2.77 bits per heavy atom. The molecule has 0 aliphatic carbocycles. The molecule has 4 heterocycles. The average molecular weight is 420 g/mol. The molecule has 0 radical (unpaired) electrons. The van der Waals surface area contributed by atoms with E-state index in [1.54, 1.807) is 17.5 Å². The number of thiophene rings is 1. The van der Waals surface area contributed by atoms with Crippen molar-refractivity contribution in [2.75, 3.05) is 26.2 Å². The zero-order chi connectivity index (χ0) is 20.4. The minimum absolute atomic E-state index is 0.0316. The van der Waals surface area contributed by atoms with Crippen LogP contribution in [0.5, 0.6) is 0 Å². The SMILES string of the molecule is O=C1N(Cc2ccccc2)CCO[C@]12CN(Cc1ccsc1)C[C@H]2c1cccnc1. The predicted molar refractivity (Wildman–Crippen MR) is 117 cm³/mol. The Labute approximate surface area is 180 Å². The maximum atomic E-state index is 13.8. The number of carbonyl (C=O) groups excluding carboxylic acids is 1. The summed E-state index contributed by atoms with van der Waals surface area (Å²) in [5, 5.41) is 4.28. The van der Waals surface area contributed by atoms with Gasteiger partial charge in [0.05, 0.1) is 6.61 Å². The summed E-state index contributed by atoms with van der Waals surface area (Å²) < 4.78 is 6.37. The van der Waals surface area contributed by atoms with Crippen LogP contribution in [0.1, 0.15) is 22.6 Å². The Hall–Kier alpha value is -2.54. The molecule has 2 aliphatic heterocycles. The molecule has 0 N–H and O–H groups in total. The first kappa shape index (κ1) is 19.4. The van der Waals surface area contributed by atoms with Gasteiger partial charge in [0.25, 0.3) is 5.91 Å². The number of amides is 1. The van der Waals surface area contributed by atoms with Crippen LogP contribution in [0.15, 0.2) is 71.7 Å². The molecule has 0 bridgehead atoms. The number of ether oxygens (including phenoxy) is 1. The summed E-state index contributed by atoms with van der Waals surface area (Å²) in [4.78, 5) is 22.5. The van der Waals surface area contributed by atoms with Crippen LogP contribution in [-0.2, 0) is 22.6 Å². The molecule has 2 saturated heterocycles. The summed E-state index contributed by atoms with van der Waals surface area (Å²) in [6.07, 6.45) is 3.66. The molecule has 2 aromatic heterocycles. The minimum atomic E-state index is -0.855. The summed E-state index contributed by atoms with van der Waals surface area (Å²) in [6, 6.07) is 16.4. The van der Waals surface area contributed by atoms with Crippen molar-refractivity contribution < 1.29 is 9.53 Å². The molecule has 2 fully saturated rings. The van der Waals surface area contributed by atoms with Crippen molar-refractivity contribution in [3.05, 3.63) is 88.4 Å². The van der Waals surface area contributed by atoms with Crippen molar-refractivity contribution >= 4 is 17.2 Å². The van der Waals surface area contributed by atoms with Gasteiger partial charge in [-0.2, -0.15) is 11.3 Å². The van der Waals surface area contributed by atoms with Crippen LogP contribution in [0.3, 0.4) is 0 Å². The van der Waals surface area contributed by atoms with Crippen LogP contribution < -0.4 is 0 Å². The van der Waals surface area contributed by atoms with E-state index >= 15 is 0 Å². The quantitative estimate of drug-likeness (QED) is 0.635. The van der Waals surface area contributed by atoms with Crippen molar-refractivity contribution in [3.8, 4) is 0 Å². The van der Waals surface area contributed by atoms with E-state index in [1.807, 2.05) is 35.4 Å². The molecule has 1 aromatic carbocycles. The van der Waals surface area contributed by atoms with Gasteiger partial charge in [-0.25, -0.2) is 0 Å². The topological polar surface area (TPSA) is 45.7 Å². The van der Waals surface area contributed by atoms with E-state index in [0.717, 1.165) is 24.2 Å². The molecular formula is C24H25N3O2S. The van der Waals surface area contributed by atoms with Crippen molar-refractivity contribution in [1.82, 2.24) is 14.8 Å². The molecule has 6 heteroatoms. The number of carbonyl (C=O) groups is 1. The van der Waals surface area contributed by atoms with E-state index in [1.165, 1.54) is 5.56 Å². The van der Waals surface area contributed by atoms with Gasteiger partial charge in [0.2, 0.25) is 0 Å². The number of hydrogen-bond acceptors (Lipinski definition) is 5. The molecule has 3 aromatic rings. The van der Waals surface area contributed by atoms with E-state index in [2.05, 4.69) is 44.9 Å². The monoisotopic (exact) mass is 419 g/mol. The molecule has 30 heavy (non-hydrogen) atoms. The van der Waals surface area contributed by atoms with Crippen LogP contribution in [0.2, 0.25) is 0 Å². The summed E-state index contributed by atoms with van der Waals surface area (Å²) in [6.45, 7) is 4.02. The summed E-state index contributed by atoms with van der Waals surface area (Å²) in [7, 11) is 0. The van der Waals surface area contributed by atoms with E-state index < -0.39 is 5.60 Å². The Morgan fingerprint density at radius 2 is 2.00 bits per heavy atom. The third kappa shape index (κ3) is 3.67. The molecule has 0 unspecified atom stereocenters. The average Bonchev–Trinajstić information content (AvgIpc) is 3.42. The fraction of sp³-hybridized carbons (Fsp3) is 0.333. The van der Waals surface area contributed by atoms with Crippen molar-refractivity contribution in [3.63, 3.8) is 0 Å². The predicted octanol–water partition coefficient (Wildman–Crippen LogP) is 3.54. The molecule has 5 nitrogen and oxygen atoms in total. The maximum Gasteiger partial charge on any atom is 0.257 e. The lowest BCUT2D eigenvalue weighted by Gasteiger charge is -2.42. The summed E-state index contributed by atoms with van der Waals surface area (Å²) >= 11 is 1.71. The number of morpholine rings is 1. The van der Waals surface area contributed by atoms with Gasteiger partial charge in [0.15, 0.2) is 5.60 Å². The fourth-order valence-electron chi connectivity index (χ4n) is 4.72. The highest BCUT2D eigenvalue weighted by Gasteiger charge is 2.56. The number of nitrogens with zero attached hydrogens (tertiary/aromatic N) is 3. The second-order valence-corrected chi connectivity index (χ2v) is 8.87. The lowest BCUT2D eigenvalue weighted by Crippen LogP contribution is -2.59. The van der Waals surface area contributed by atoms with Crippen LogP contribution in [0, 0.1) is 0 Å². The first-order chi connectivity index (χ1) is 14.7. The van der Waals surface area contributed by atoms with Crippen molar-refractivity contribution in [1.29, 1.82) is 0 Å². The molecule has 2 atom stereocenters. The molecule has 1 amide bonds. The molecule has 5 rings (SSSR count). The zero-order valence-electron chi connectivity index (χ0n) is 16.8. The lowest BCUT2D eigenvalue weighted by molar-refractivity contribution is -0.173. The molecule has 0 saturated carbocycles. The third-order valence-corrected chi connectivity index (χ3v) is 6.85. The Bertz CT molecular complexity index is 980. The Morgan fingerprint density at radius 1 is 1.10 bits per heavy atom. The van der Waals surface area contributed by atoms with Crippen LogP contribution >= 0.6 is 11.3 Å². The maximum absolute atomic E-state index is 13.8. The number of benzene rings is 1. The number of hydrogen-bond donors (Lipinski definition) is 0. The van der Waals surface area contributed by atoms with E-state index in [9.17, 15) is 4.79 Å². The highest BCUT2D eigenvalue weighted by atomic mass is 32.1. The highest BCUT2D eigenvalue weighted by Crippen LogP contribution is 2.42. The van der Waals surface area contributed by atoms with Crippen LogP contribution in [0.4, 0.5) is 0 Å². The van der Waals surface area contributed by atoms with Gasteiger partial charge >= 0.3 is 0 Å². The van der Waals surface area contributed by atoms with Gasteiger partial charge in [-0.3, -0.25) is 14.7 Å². The van der Waals surface area contributed by atoms with Gasteiger partial charge < -0.3 is 9.64 Å². The number of pyridine rings is 1. The summed E-state index contributed by atoms with van der Waals surface area (Å²) in [5.41, 5.74) is 2.65. The number of rotatable bonds is 5. The lowest BCUT2D eigenvalue weighted by atomic mass is 9.83. The molecule has 1 spiro atoms. The largest absolute Gasteiger partial charge is 0.361 e. The van der Waals surface area contributed by atoms with Crippen LogP contribution in [-0.4, -0.2) is 52.5 Å². The van der Waals surface area contributed by atoms with E-state index in [-0.39, 0.29) is 11.8 Å². The fourth-order valence-corrected chi connectivity index (χ4v) is 5.38. The Kier molecular flexibility index (Phi) is 5.37. The Balaban J connectivity index is 1.45. The summed E-state index contributed by atoms with van der Waals surface area (Å²) in [5.74, 6) is 0.0650. The molecular weight excluding hydrogens is 394 g/mol. The van der Waals surface area contributed by atoms with E-state index in [4.69, 9.17) is 4.74 Å². The van der Waals surface area contributed by atoms with Gasteiger partial charge in [0, 0.05) is 51.0 Å². The third-order valence-electron chi connectivity index (χ3n) is 6.12. The second-order valence-electron chi connectivity index (χ2n) is 8.09. The standard InChI is InChI=1S/C24H25N3O2S/c28-23-24(29-11-10-27(23)15-19-5-2-1-3-6-19)18-26(14-20-8-12-30-17-20)16-22(24)21-7-4-9-25-13-21/h1-9,12-13,17,22H,10-11,14-16,18H2/t22-,24-/m0/s1. The highest BCUT2D eigenvalue weighted by molar-refractivity contribution is 7.07. The zero-order valence-corrected chi connectivity index (χ0v) is 17.6. The van der Waals surface area contributed by atoms with Crippen molar-refractivity contribution in [2.45, 2.75) is 24.6 Å². The van der Waals surface area contributed by atoms with E-state index in [0.29, 0.717) is 26.2 Å². The molecule has 2 aliphatic rings. The smallest absolute Gasteiger partial charge is 0.257 e. The van der Waals surface area contributed by atoms with Gasteiger partial charge in [-0.05, 0) is 39.6 Å². The number of likely N-dealkylation sites (tertiary alicyclic amines) is 1. The minimum Gasteiger partial charge on any atom is -0.361 e. The first-order valence-electron chi connectivity index (χ1n) is 10.4. The van der Waals surface area contributed by atoms with Crippen molar-refractivity contribution in [2.24, 2.45) is 0 Å². The normalized spacial score (nSPS) is 24.6. The van der Waals surface area contributed by atoms with Gasteiger partial charge in [0.1, 0.15) is 0 Å².